The highest BCUT2D eigenvalue weighted by atomic mass is 16.5. The van der Waals surface area contributed by atoms with Gasteiger partial charge in [-0.25, -0.2) is 4.98 Å². The number of methoxy groups -OCH3 is 1. The van der Waals surface area contributed by atoms with E-state index in [2.05, 4.69) is 20.6 Å². The number of amides is 2. The number of aromatic nitrogens is 2. The van der Waals surface area contributed by atoms with Crippen molar-refractivity contribution in [2.75, 3.05) is 12.4 Å². The molecular weight excluding hydrogens is 380 g/mol. The molecule has 7 heteroatoms. The number of nitrogens with zero attached hydrogens (tertiary/aromatic N) is 1. The van der Waals surface area contributed by atoms with E-state index < -0.39 is 6.04 Å². The van der Waals surface area contributed by atoms with Crippen molar-refractivity contribution in [3.63, 3.8) is 0 Å². The molecule has 3 rings (SSSR count). The first-order valence-corrected chi connectivity index (χ1v) is 10.2. The Morgan fingerprint density at radius 3 is 2.53 bits per heavy atom. The van der Waals surface area contributed by atoms with E-state index in [4.69, 9.17) is 4.74 Å². The maximum absolute atomic E-state index is 12.9. The number of aromatic amines is 1. The van der Waals surface area contributed by atoms with E-state index in [1.54, 1.807) is 7.11 Å². The summed E-state index contributed by atoms with van der Waals surface area (Å²) >= 11 is 0. The first-order chi connectivity index (χ1) is 14.5. The molecule has 158 valence electrons. The number of hydrogen-bond donors (Lipinski definition) is 3. The molecule has 2 atom stereocenters. The lowest BCUT2D eigenvalue weighted by Gasteiger charge is -2.23. The number of fused-ring (bicyclic) bond motifs is 1. The van der Waals surface area contributed by atoms with Crippen LogP contribution >= 0.6 is 0 Å². The molecule has 0 fully saturated rings. The number of carbonyl (C=O) groups is 2. The quantitative estimate of drug-likeness (QED) is 0.503. The Kier molecular flexibility index (Phi) is 7.06. The van der Waals surface area contributed by atoms with Crippen molar-refractivity contribution < 1.29 is 14.3 Å². The fraction of sp³-hybridized carbons (Fsp3) is 0.348. The Balaban J connectivity index is 1.60. The average molecular weight is 409 g/mol. The third kappa shape index (κ3) is 5.37. The zero-order valence-corrected chi connectivity index (χ0v) is 17.6. The van der Waals surface area contributed by atoms with Crippen LogP contribution in [-0.4, -0.2) is 34.9 Å². The molecule has 1 aromatic heterocycles. The number of para-hydroxylation sites is 2. The van der Waals surface area contributed by atoms with Crippen molar-refractivity contribution in [2.45, 2.75) is 39.2 Å². The van der Waals surface area contributed by atoms with Crippen LogP contribution in [0.25, 0.3) is 11.0 Å². The van der Waals surface area contributed by atoms with Gasteiger partial charge in [0.05, 0.1) is 18.1 Å². The molecule has 2 aromatic carbocycles. The number of nitrogens with one attached hydrogen (secondary N) is 3. The summed E-state index contributed by atoms with van der Waals surface area (Å²) in [6.45, 7) is 3.95. The van der Waals surface area contributed by atoms with Gasteiger partial charge in [0.1, 0.15) is 11.8 Å². The van der Waals surface area contributed by atoms with Gasteiger partial charge in [-0.05, 0) is 42.2 Å². The average Bonchev–Trinajstić information content (AvgIpc) is 3.18. The van der Waals surface area contributed by atoms with Crippen LogP contribution in [0.1, 0.15) is 32.3 Å². The molecule has 3 aromatic rings. The number of imidazole rings is 1. The van der Waals surface area contributed by atoms with Crippen LogP contribution < -0.4 is 15.4 Å². The lowest BCUT2D eigenvalue weighted by molar-refractivity contribution is -0.127. The highest BCUT2D eigenvalue weighted by molar-refractivity contribution is 5.97. The number of ether oxygens (including phenoxy) is 1. The SMILES string of the molecule is CC[C@@H](C)[C@H](NC(=O)CCc1ccc(OC)cc1)C(=O)Nc1nc2ccccc2[nH]1. The molecule has 0 saturated carbocycles. The summed E-state index contributed by atoms with van der Waals surface area (Å²) in [5.74, 6) is 0.709. The Hall–Kier alpha value is -3.35. The molecule has 0 spiro atoms. The maximum Gasteiger partial charge on any atom is 0.249 e. The first-order valence-electron chi connectivity index (χ1n) is 10.2. The minimum absolute atomic E-state index is 0.0145. The molecular formula is C23H28N4O3. The van der Waals surface area contributed by atoms with Crippen LogP contribution in [0.5, 0.6) is 5.75 Å². The number of carbonyl (C=O) groups excluding carboxylic acids is 2. The molecule has 1 heterocycles. The molecule has 0 aliphatic heterocycles. The largest absolute Gasteiger partial charge is 0.497 e. The van der Waals surface area contributed by atoms with Crippen LogP contribution in [0, 0.1) is 5.92 Å². The van der Waals surface area contributed by atoms with Gasteiger partial charge in [-0.1, -0.05) is 44.5 Å². The number of anilines is 1. The van der Waals surface area contributed by atoms with Crippen molar-refractivity contribution in [3.8, 4) is 5.75 Å². The lowest BCUT2D eigenvalue weighted by atomic mass is 9.98. The zero-order chi connectivity index (χ0) is 21.5. The van der Waals surface area contributed by atoms with Gasteiger partial charge in [-0.3, -0.25) is 14.9 Å². The highest BCUT2D eigenvalue weighted by Crippen LogP contribution is 2.16. The number of rotatable bonds is 9. The van der Waals surface area contributed by atoms with Crippen molar-refractivity contribution in [1.82, 2.24) is 15.3 Å². The summed E-state index contributed by atoms with van der Waals surface area (Å²) < 4.78 is 5.15. The van der Waals surface area contributed by atoms with E-state index in [1.807, 2.05) is 62.4 Å². The van der Waals surface area contributed by atoms with Gasteiger partial charge >= 0.3 is 0 Å². The predicted molar refractivity (Wildman–Crippen MR) is 117 cm³/mol. The second kappa shape index (κ2) is 9.91. The minimum atomic E-state index is -0.633. The normalized spacial score (nSPS) is 12.9. The number of benzene rings is 2. The van der Waals surface area contributed by atoms with E-state index in [0.717, 1.165) is 28.8 Å². The van der Waals surface area contributed by atoms with E-state index in [0.29, 0.717) is 18.8 Å². The van der Waals surface area contributed by atoms with Gasteiger partial charge < -0.3 is 15.0 Å². The Morgan fingerprint density at radius 1 is 1.13 bits per heavy atom. The predicted octanol–water partition coefficient (Wildman–Crippen LogP) is 3.67. The summed E-state index contributed by atoms with van der Waals surface area (Å²) in [5, 5.41) is 5.70. The van der Waals surface area contributed by atoms with E-state index in [9.17, 15) is 9.59 Å². The second-order valence-electron chi connectivity index (χ2n) is 7.37. The van der Waals surface area contributed by atoms with Crippen LogP contribution in [0.4, 0.5) is 5.95 Å². The highest BCUT2D eigenvalue weighted by Gasteiger charge is 2.26. The second-order valence-corrected chi connectivity index (χ2v) is 7.37. The van der Waals surface area contributed by atoms with Gasteiger partial charge in [0.25, 0.3) is 0 Å². The molecule has 0 bridgehead atoms. The third-order valence-electron chi connectivity index (χ3n) is 5.24. The van der Waals surface area contributed by atoms with Gasteiger partial charge in [0, 0.05) is 6.42 Å². The van der Waals surface area contributed by atoms with E-state index >= 15 is 0 Å². The molecule has 2 amide bonds. The van der Waals surface area contributed by atoms with Crippen molar-refractivity contribution in [2.24, 2.45) is 5.92 Å². The van der Waals surface area contributed by atoms with Crippen LogP contribution in [-0.2, 0) is 16.0 Å². The summed E-state index contributed by atoms with van der Waals surface area (Å²) in [7, 11) is 1.62. The lowest BCUT2D eigenvalue weighted by Crippen LogP contribution is -2.47. The molecule has 30 heavy (non-hydrogen) atoms. The molecule has 7 nitrogen and oxygen atoms in total. The molecule has 0 aliphatic carbocycles. The van der Waals surface area contributed by atoms with Crippen LogP contribution in [0.3, 0.4) is 0 Å². The first kappa shape index (κ1) is 21.4. The monoisotopic (exact) mass is 408 g/mol. The summed E-state index contributed by atoms with van der Waals surface area (Å²) in [6.07, 6.45) is 1.66. The fourth-order valence-corrected chi connectivity index (χ4v) is 3.20. The summed E-state index contributed by atoms with van der Waals surface area (Å²) in [5.41, 5.74) is 2.66. The Morgan fingerprint density at radius 2 is 1.87 bits per heavy atom. The standard InChI is InChI=1S/C23H28N4O3/c1-4-15(2)21(22(29)27-23-24-18-7-5-6-8-19(18)25-23)26-20(28)14-11-16-9-12-17(30-3)13-10-16/h5-10,12-13,15,21H,4,11,14H2,1-3H3,(H,26,28)(H2,24,25,27,29)/t15-,21+/m1/s1. The molecule has 0 saturated heterocycles. The molecule has 0 radical (unpaired) electrons. The van der Waals surface area contributed by atoms with Crippen molar-refractivity contribution in [1.29, 1.82) is 0 Å². The number of H-pyrrole nitrogens is 1. The molecule has 0 aliphatic rings. The van der Waals surface area contributed by atoms with Gasteiger partial charge in [-0.15, -0.1) is 0 Å². The number of hydrogen-bond acceptors (Lipinski definition) is 4. The third-order valence-corrected chi connectivity index (χ3v) is 5.24. The smallest absolute Gasteiger partial charge is 0.249 e. The number of aryl methyl sites for hydroxylation is 1. The van der Waals surface area contributed by atoms with Gasteiger partial charge in [-0.2, -0.15) is 0 Å². The Bertz CT molecular complexity index is 964. The summed E-state index contributed by atoms with van der Waals surface area (Å²) in [4.78, 5) is 32.9. The maximum atomic E-state index is 12.9. The van der Waals surface area contributed by atoms with Crippen LogP contribution in [0.2, 0.25) is 0 Å². The van der Waals surface area contributed by atoms with Crippen LogP contribution in [0.15, 0.2) is 48.5 Å². The van der Waals surface area contributed by atoms with Crippen molar-refractivity contribution in [3.05, 3.63) is 54.1 Å². The topological polar surface area (TPSA) is 96.1 Å². The zero-order valence-electron chi connectivity index (χ0n) is 17.6. The minimum Gasteiger partial charge on any atom is -0.497 e. The van der Waals surface area contributed by atoms with Crippen molar-refractivity contribution >= 4 is 28.8 Å². The van der Waals surface area contributed by atoms with Gasteiger partial charge in [0.2, 0.25) is 17.8 Å². The fourth-order valence-electron chi connectivity index (χ4n) is 3.20. The summed E-state index contributed by atoms with van der Waals surface area (Å²) in [6, 6.07) is 14.5. The molecule has 0 unspecified atom stereocenters. The van der Waals surface area contributed by atoms with E-state index in [-0.39, 0.29) is 17.7 Å². The molecule has 3 N–H and O–H groups in total. The van der Waals surface area contributed by atoms with E-state index in [1.165, 1.54) is 0 Å². The van der Waals surface area contributed by atoms with Gasteiger partial charge in [0.15, 0.2) is 0 Å². The Labute approximate surface area is 176 Å².